The van der Waals surface area contributed by atoms with Crippen LogP contribution in [-0.4, -0.2) is 61.5 Å². The molecular weight excluding hydrogens is 324 g/mol. The number of carboxylic acids is 1. The molecule has 0 aromatic rings. The summed E-state index contributed by atoms with van der Waals surface area (Å²) in [4.78, 5) is 40.9. The standard InChI is InChI=1S/C13H24N4O7/c1-3-22-10(18)8-24-17-12(16-13(21)23-4-2)15-7-5-6-9(14)11(19)20/h9H,3-8,14H2,1-2H3,(H,19,20)(H2,15,16,17,21)/p+2/t9-/m0/s1. The van der Waals surface area contributed by atoms with E-state index in [1.54, 1.807) is 13.8 Å². The summed E-state index contributed by atoms with van der Waals surface area (Å²) < 4.78 is 9.41. The van der Waals surface area contributed by atoms with E-state index in [1.807, 2.05) is 0 Å². The zero-order valence-corrected chi connectivity index (χ0v) is 13.9. The fourth-order valence-electron chi connectivity index (χ4n) is 1.43. The fourth-order valence-corrected chi connectivity index (χ4v) is 1.43. The van der Waals surface area contributed by atoms with E-state index in [4.69, 9.17) is 14.7 Å². The second-order valence-corrected chi connectivity index (χ2v) is 4.52. The maximum atomic E-state index is 11.4. The normalized spacial score (nSPS) is 12.2. The number of hydroxylamine groups is 1. The monoisotopic (exact) mass is 350 g/mol. The van der Waals surface area contributed by atoms with E-state index in [0.29, 0.717) is 19.4 Å². The van der Waals surface area contributed by atoms with Gasteiger partial charge in [-0.3, -0.25) is 4.99 Å². The lowest BCUT2D eigenvalue weighted by Gasteiger charge is -2.05. The van der Waals surface area contributed by atoms with Crippen molar-refractivity contribution in [1.29, 1.82) is 0 Å². The van der Waals surface area contributed by atoms with Crippen molar-refractivity contribution in [2.45, 2.75) is 32.7 Å². The van der Waals surface area contributed by atoms with Gasteiger partial charge in [-0.2, -0.15) is 5.32 Å². The summed E-state index contributed by atoms with van der Waals surface area (Å²) in [6.07, 6.45) is 0.139. The van der Waals surface area contributed by atoms with Crippen molar-refractivity contribution < 1.29 is 44.5 Å². The maximum absolute atomic E-state index is 11.4. The first-order chi connectivity index (χ1) is 11.4. The Bertz CT molecular complexity index is 442. The Morgan fingerprint density at radius 2 is 1.88 bits per heavy atom. The molecule has 0 saturated heterocycles. The molecule has 7 N–H and O–H groups in total. The largest absolute Gasteiger partial charge is 0.477 e. The number of ether oxygens (including phenoxy) is 2. The number of carbonyl (C=O) groups excluding carboxylic acids is 2. The van der Waals surface area contributed by atoms with Gasteiger partial charge < -0.3 is 20.3 Å². The quantitative estimate of drug-likeness (QED) is 0.0900. The van der Waals surface area contributed by atoms with E-state index in [1.165, 1.54) is 0 Å². The third kappa shape index (κ3) is 11.2. The number of amides is 1. The van der Waals surface area contributed by atoms with Crippen LogP contribution < -0.4 is 21.5 Å². The first kappa shape index (κ1) is 21.6. The van der Waals surface area contributed by atoms with Crippen molar-refractivity contribution >= 4 is 24.0 Å². The molecule has 0 unspecified atom stereocenters. The summed E-state index contributed by atoms with van der Waals surface area (Å²) >= 11 is 0. The minimum absolute atomic E-state index is 0.0636. The van der Waals surface area contributed by atoms with E-state index in [0.717, 1.165) is 0 Å². The topological polar surface area (TPSA) is 165 Å². The molecule has 0 radical (unpaired) electrons. The van der Waals surface area contributed by atoms with Gasteiger partial charge in [0.1, 0.15) is 0 Å². The second kappa shape index (κ2) is 13.1. The summed E-state index contributed by atoms with van der Waals surface area (Å²) in [5.41, 5.74) is 5.87. The van der Waals surface area contributed by atoms with Crippen molar-refractivity contribution in [2.24, 2.45) is 0 Å². The molecular formula is C13H26N4O7+2. The molecule has 0 aromatic heterocycles. The number of alkyl carbamates (subject to hydrolysis) is 1. The van der Waals surface area contributed by atoms with Gasteiger partial charge in [0.25, 0.3) is 0 Å². The van der Waals surface area contributed by atoms with Crippen LogP contribution in [0.15, 0.2) is 0 Å². The highest BCUT2D eigenvalue weighted by atomic mass is 16.7. The molecule has 0 fully saturated rings. The summed E-state index contributed by atoms with van der Waals surface area (Å²) in [6, 6.07) is -0.707. The molecule has 24 heavy (non-hydrogen) atoms. The summed E-state index contributed by atoms with van der Waals surface area (Å²) in [5, 5.41) is 11.1. The highest BCUT2D eigenvalue weighted by molar-refractivity contribution is 5.90. The molecule has 0 spiro atoms. The Labute approximate surface area is 139 Å². The number of carbonyl (C=O) groups is 3. The van der Waals surface area contributed by atoms with Gasteiger partial charge in [-0.1, -0.05) is 0 Å². The molecule has 0 rings (SSSR count). The highest BCUT2D eigenvalue weighted by Gasteiger charge is 2.17. The van der Waals surface area contributed by atoms with Crippen molar-refractivity contribution in [3.8, 4) is 0 Å². The molecule has 0 heterocycles. The van der Waals surface area contributed by atoms with E-state index >= 15 is 0 Å². The van der Waals surface area contributed by atoms with Crippen LogP contribution in [0.25, 0.3) is 0 Å². The van der Waals surface area contributed by atoms with Crippen molar-refractivity contribution in [3.63, 3.8) is 0 Å². The predicted octanol–water partition coefficient (Wildman–Crippen LogP) is -3.27. The molecule has 0 aliphatic carbocycles. The number of quaternary nitrogens is 1. The minimum Gasteiger partial charge on any atom is -0.477 e. The SMILES string of the molecule is CCOC(=O)CONC(NC(=O)OCC)=[NH+]CCC[C@H]([NH3+])C(=O)O. The van der Waals surface area contributed by atoms with E-state index in [9.17, 15) is 14.4 Å². The molecule has 0 aliphatic heterocycles. The maximum Gasteiger partial charge on any atom is 0.476 e. The van der Waals surface area contributed by atoms with Crippen LogP contribution in [0.4, 0.5) is 4.79 Å². The molecule has 0 bridgehead atoms. The van der Waals surface area contributed by atoms with Gasteiger partial charge in [0.15, 0.2) is 12.6 Å². The Morgan fingerprint density at radius 1 is 1.21 bits per heavy atom. The van der Waals surface area contributed by atoms with Crippen LogP contribution in [-0.2, 0) is 23.9 Å². The van der Waals surface area contributed by atoms with Crippen LogP contribution in [0, 0.1) is 0 Å². The van der Waals surface area contributed by atoms with Gasteiger partial charge in [0.05, 0.1) is 19.8 Å². The van der Waals surface area contributed by atoms with Gasteiger partial charge in [-0.25, -0.2) is 19.2 Å². The van der Waals surface area contributed by atoms with Gasteiger partial charge in [-0.05, 0) is 20.3 Å². The van der Waals surface area contributed by atoms with Crippen molar-refractivity contribution in [3.05, 3.63) is 0 Å². The van der Waals surface area contributed by atoms with Gasteiger partial charge >= 0.3 is 24.0 Å². The molecule has 11 nitrogen and oxygen atoms in total. The smallest absolute Gasteiger partial charge is 0.476 e. The van der Waals surface area contributed by atoms with Crippen LogP contribution in [0.5, 0.6) is 0 Å². The highest BCUT2D eigenvalue weighted by Crippen LogP contribution is 1.89. The molecule has 0 aliphatic rings. The van der Waals surface area contributed by atoms with Gasteiger partial charge in [0, 0.05) is 6.42 Å². The second-order valence-electron chi connectivity index (χ2n) is 4.52. The van der Waals surface area contributed by atoms with Crippen LogP contribution in [0.2, 0.25) is 0 Å². The van der Waals surface area contributed by atoms with E-state index < -0.39 is 24.1 Å². The number of hydrogen-bond acceptors (Lipinski definition) is 6. The Kier molecular flexibility index (Phi) is 11.8. The van der Waals surface area contributed by atoms with E-state index in [-0.39, 0.29) is 25.8 Å². The Morgan fingerprint density at radius 3 is 2.46 bits per heavy atom. The number of esters is 1. The molecule has 138 valence electrons. The zero-order chi connectivity index (χ0) is 18.4. The predicted molar refractivity (Wildman–Crippen MR) is 80.3 cm³/mol. The van der Waals surface area contributed by atoms with Crippen molar-refractivity contribution in [2.75, 3.05) is 26.4 Å². The molecule has 1 amide bonds. The minimum atomic E-state index is -0.972. The number of carboxylic acid groups (broad SMARTS) is 1. The van der Waals surface area contributed by atoms with Gasteiger partial charge in [-0.15, -0.1) is 5.48 Å². The van der Waals surface area contributed by atoms with E-state index in [2.05, 4.69) is 26.3 Å². The Balaban J connectivity index is 4.39. The van der Waals surface area contributed by atoms with Crippen LogP contribution >= 0.6 is 0 Å². The first-order valence-electron chi connectivity index (χ1n) is 7.54. The van der Waals surface area contributed by atoms with Crippen molar-refractivity contribution in [1.82, 2.24) is 10.8 Å². The number of guanidine groups is 1. The summed E-state index contributed by atoms with van der Waals surface area (Å²) in [5.74, 6) is -1.48. The van der Waals surface area contributed by atoms with Gasteiger partial charge in [0.2, 0.25) is 0 Å². The average Bonchev–Trinajstić information content (AvgIpc) is 2.51. The first-order valence-corrected chi connectivity index (χ1v) is 7.54. The third-order valence-electron chi connectivity index (χ3n) is 2.55. The fraction of sp³-hybridized carbons (Fsp3) is 0.692. The van der Waals surface area contributed by atoms with Crippen LogP contribution in [0.1, 0.15) is 26.7 Å². The lowest BCUT2D eigenvalue weighted by atomic mass is 10.2. The summed E-state index contributed by atoms with van der Waals surface area (Å²) in [7, 11) is 0. The molecule has 0 aromatic carbocycles. The molecule has 0 saturated carbocycles. The molecule has 11 heteroatoms. The molecule has 1 atom stereocenters. The zero-order valence-electron chi connectivity index (χ0n) is 13.9. The number of rotatable bonds is 10. The average molecular weight is 350 g/mol. The number of aliphatic carboxylic acids is 1. The number of nitrogens with one attached hydrogen (secondary N) is 3. The lowest BCUT2D eigenvalue weighted by molar-refractivity contribution is -0.468. The Hall–Kier alpha value is -2.40. The third-order valence-corrected chi connectivity index (χ3v) is 2.55. The lowest BCUT2D eigenvalue weighted by Crippen LogP contribution is -2.80. The number of hydrogen-bond donors (Lipinski definition) is 5. The summed E-state index contributed by atoms with van der Waals surface area (Å²) in [6.45, 7) is 3.72. The van der Waals surface area contributed by atoms with Crippen LogP contribution in [0.3, 0.4) is 0 Å².